The summed E-state index contributed by atoms with van der Waals surface area (Å²) < 4.78 is 28.6. The minimum absolute atomic E-state index is 0.0148. The third-order valence-electron chi connectivity index (χ3n) is 5.86. The number of fused-ring (bicyclic) bond motifs is 1. The number of hydrogen-bond acceptors (Lipinski definition) is 1. The molecular weight excluding hydrogens is 294 g/mol. The lowest BCUT2D eigenvalue weighted by Gasteiger charge is -2.28. The molecule has 0 heterocycles. The first-order valence-corrected chi connectivity index (χ1v) is 9.13. The number of Topliss-reactive ketones (excluding diaryl/α,β-unsaturated/α-hetero) is 1. The summed E-state index contributed by atoms with van der Waals surface area (Å²) in [6.45, 7) is 2.25. The Bertz CT molecular complexity index is 586. The number of rotatable bonds is 4. The number of carbonyl (C=O) groups excluding carboxylic acids is 1. The molecule has 0 saturated heterocycles. The van der Waals surface area contributed by atoms with Gasteiger partial charge in [0.1, 0.15) is 0 Å². The maximum absolute atomic E-state index is 14.3. The van der Waals surface area contributed by atoms with Gasteiger partial charge in [-0.2, -0.15) is 0 Å². The average molecular weight is 320 g/mol. The second-order valence-electron chi connectivity index (χ2n) is 7.31. The first kappa shape index (κ1) is 16.6. The van der Waals surface area contributed by atoms with Crippen LogP contribution in [0.25, 0.3) is 0 Å². The van der Waals surface area contributed by atoms with Gasteiger partial charge in [0.2, 0.25) is 0 Å². The molecule has 1 aromatic carbocycles. The van der Waals surface area contributed by atoms with Gasteiger partial charge in [-0.15, -0.1) is 0 Å². The Labute approximate surface area is 137 Å². The molecule has 23 heavy (non-hydrogen) atoms. The van der Waals surface area contributed by atoms with Crippen LogP contribution in [0.15, 0.2) is 6.07 Å². The van der Waals surface area contributed by atoms with Crippen molar-refractivity contribution in [3.05, 3.63) is 34.4 Å². The quantitative estimate of drug-likeness (QED) is 0.702. The van der Waals surface area contributed by atoms with Gasteiger partial charge in [0.05, 0.1) is 5.56 Å². The van der Waals surface area contributed by atoms with Crippen LogP contribution in [0.1, 0.15) is 79.8 Å². The maximum Gasteiger partial charge on any atom is 0.170 e. The zero-order valence-electron chi connectivity index (χ0n) is 14.0. The number of hydrogen-bond donors (Lipinski definition) is 0. The van der Waals surface area contributed by atoms with Crippen molar-refractivity contribution in [3.8, 4) is 0 Å². The Hall–Kier alpha value is -1.25. The number of halogens is 2. The molecule has 3 rings (SSSR count). The lowest BCUT2D eigenvalue weighted by atomic mass is 9.78. The zero-order valence-corrected chi connectivity index (χ0v) is 14.0. The highest BCUT2D eigenvalue weighted by atomic mass is 19.2. The van der Waals surface area contributed by atoms with Crippen molar-refractivity contribution in [3.63, 3.8) is 0 Å². The highest BCUT2D eigenvalue weighted by Crippen LogP contribution is 2.34. The van der Waals surface area contributed by atoms with E-state index in [0.29, 0.717) is 36.3 Å². The molecule has 1 saturated carbocycles. The fourth-order valence-electron chi connectivity index (χ4n) is 4.27. The van der Waals surface area contributed by atoms with Crippen LogP contribution in [0.3, 0.4) is 0 Å². The number of aryl methyl sites for hydroxylation is 2. The second-order valence-corrected chi connectivity index (χ2v) is 7.31. The molecule has 0 atom stereocenters. The molecular formula is C20H26F2O. The highest BCUT2D eigenvalue weighted by molar-refractivity contribution is 5.98. The molecule has 0 bridgehead atoms. The van der Waals surface area contributed by atoms with Gasteiger partial charge in [0, 0.05) is 6.42 Å². The molecule has 0 aliphatic heterocycles. The number of ketones is 1. The lowest BCUT2D eigenvalue weighted by molar-refractivity contribution is 0.0967. The molecule has 0 aromatic heterocycles. The van der Waals surface area contributed by atoms with Crippen molar-refractivity contribution in [1.82, 2.24) is 0 Å². The fraction of sp³-hybridized carbons (Fsp3) is 0.650. The molecule has 0 N–H and O–H groups in total. The van der Waals surface area contributed by atoms with Crippen molar-refractivity contribution in [2.75, 3.05) is 0 Å². The molecule has 2 aliphatic carbocycles. The van der Waals surface area contributed by atoms with Crippen molar-refractivity contribution in [2.24, 2.45) is 11.8 Å². The molecule has 0 spiro atoms. The monoisotopic (exact) mass is 320 g/mol. The molecule has 1 fully saturated rings. The first-order valence-electron chi connectivity index (χ1n) is 9.13. The fourth-order valence-corrected chi connectivity index (χ4v) is 4.27. The smallest absolute Gasteiger partial charge is 0.170 e. The van der Waals surface area contributed by atoms with E-state index in [2.05, 4.69) is 6.92 Å². The van der Waals surface area contributed by atoms with E-state index in [1.54, 1.807) is 6.07 Å². The predicted octanol–water partition coefficient (Wildman–Crippen LogP) is 5.63. The Balaban J connectivity index is 1.69. The van der Waals surface area contributed by atoms with Gasteiger partial charge in [0.15, 0.2) is 17.4 Å². The maximum atomic E-state index is 14.3. The minimum atomic E-state index is -0.906. The summed E-state index contributed by atoms with van der Waals surface area (Å²) in [5, 5.41) is 0. The van der Waals surface area contributed by atoms with Gasteiger partial charge in [-0.25, -0.2) is 8.78 Å². The molecule has 2 aliphatic rings. The van der Waals surface area contributed by atoms with Crippen LogP contribution in [0.5, 0.6) is 0 Å². The molecule has 126 valence electrons. The van der Waals surface area contributed by atoms with Gasteiger partial charge in [-0.3, -0.25) is 4.79 Å². The van der Waals surface area contributed by atoms with E-state index in [4.69, 9.17) is 0 Å². The summed E-state index contributed by atoms with van der Waals surface area (Å²) in [7, 11) is 0. The standard InChI is InChI=1S/C20H26F2O/c1-2-13-6-8-14(9-7-13)10-11-16-12-15-4-3-5-17(23)18(15)20(22)19(16)21/h12-14H,2-11H2,1H3. The van der Waals surface area contributed by atoms with Gasteiger partial charge < -0.3 is 0 Å². The Morgan fingerprint density at radius 3 is 2.43 bits per heavy atom. The summed E-state index contributed by atoms with van der Waals surface area (Å²) >= 11 is 0. The largest absolute Gasteiger partial charge is 0.294 e. The van der Waals surface area contributed by atoms with Gasteiger partial charge >= 0.3 is 0 Å². The minimum Gasteiger partial charge on any atom is -0.294 e. The molecule has 0 radical (unpaired) electrons. The first-order chi connectivity index (χ1) is 11.1. The summed E-state index contributed by atoms with van der Waals surface area (Å²) in [6, 6.07) is 1.75. The zero-order chi connectivity index (χ0) is 16.4. The van der Waals surface area contributed by atoms with Crippen molar-refractivity contribution in [1.29, 1.82) is 0 Å². The normalized spacial score (nSPS) is 24.6. The third kappa shape index (κ3) is 3.49. The number of benzene rings is 1. The Morgan fingerprint density at radius 2 is 1.74 bits per heavy atom. The van der Waals surface area contributed by atoms with E-state index in [1.165, 1.54) is 32.1 Å². The van der Waals surface area contributed by atoms with E-state index in [9.17, 15) is 13.6 Å². The van der Waals surface area contributed by atoms with Crippen LogP contribution >= 0.6 is 0 Å². The predicted molar refractivity (Wildman–Crippen MR) is 87.7 cm³/mol. The Kier molecular flexibility index (Phi) is 5.13. The summed E-state index contributed by atoms with van der Waals surface area (Å²) in [4.78, 5) is 11.8. The van der Waals surface area contributed by atoms with E-state index < -0.39 is 11.6 Å². The summed E-state index contributed by atoms with van der Waals surface area (Å²) in [6.07, 6.45) is 9.52. The van der Waals surface area contributed by atoms with Crippen LogP contribution in [0.2, 0.25) is 0 Å². The highest BCUT2D eigenvalue weighted by Gasteiger charge is 2.26. The lowest BCUT2D eigenvalue weighted by Crippen LogP contribution is -2.17. The third-order valence-corrected chi connectivity index (χ3v) is 5.86. The molecule has 3 heteroatoms. The van der Waals surface area contributed by atoms with Crippen LogP contribution < -0.4 is 0 Å². The second kappa shape index (κ2) is 7.11. The van der Waals surface area contributed by atoms with E-state index >= 15 is 0 Å². The van der Waals surface area contributed by atoms with Gasteiger partial charge in [-0.1, -0.05) is 45.1 Å². The molecule has 0 amide bonds. The average Bonchev–Trinajstić information content (AvgIpc) is 2.57. The SMILES string of the molecule is CCC1CCC(CCc2cc3c(c(F)c2F)C(=O)CCC3)CC1. The van der Waals surface area contributed by atoms with Crippen LogP contribution in [0.4, 0.5) is 8.78 Å². The van der Waals surface area contributed by atoms with E-state index in [-0.39, 0.29) is 11.3 Å². The molecule has 0 unspecified atom stereocenters. The van der Waals surface area contributed by atoms with Crippen LogP contribution in [-0.2, 0) is 12.8 Å². The molecule has 1 aromatic rings. The van der Waals surface area contributed by atoms with Crippen LogP contribution in [-0.4, -0.2) is 5.78 Å². The molecule has 1 nitrogen and oxygen atoms in total. The Morgan fingerprint density at radius 1 is 1.04 bits per heavy atom. The van der Waals surface area contributed by atoms with Crippen LogP contribution in [0, 0.1) is 23.5 Å². The van der Waals surface area contributed by atoms with E-state index in [0.717, 1.165) is 18.8 Å². The van der Waals surface area contributed by atoms with Crippen molar-refractivity contribution in [2.45, 2.75) is 71.1 Å². The summed E-state index contributed by atoms with van der Waals surface area (Å²) in [5.74, 6) is -0.446. The van der Waals surface area contributed by atoms with Gasteiger partial charge in [-0.05, 0) is 48.6 Å². The van der Waals surface area contributed by atoms with Gasteiger partial charge in [0.25, 0.3) is 0 Å². The van der Waals surface area contributed by atoms with E-state index in [1.807, 2.05) is 0 Å². The van der Waals surface area contributed by atoms with Crippen molar-refractivity contribution >= 4 is 5.78 Å². The number of carbonyl (C=O) groups is 1. The summed E-state index contributed by atoms with van der Waals surface area (Å²) in [5.41, 5.74) is 1.19. The topological polar surface area (TPSA) is 17.1 Å². The van der Waals surface area contributed by atoms with Crippen molar-refractivity contribution < 1.29 is 13.6 Å².